The van der Waals surface area contributed by atoms with Crippen molar-refractivity contribution in [1.29, 1.82) is 0 Å². The first-order chi connectivity index (χ1) is 15.0. The Bertz CT molecular complexity index is 1120. The first kappa shape index (κ1) is 23.7. The number of pyridine rings is 1. The van der Waals surface area contributed by atoms with Crippen LogP contribution in [0.15, 0.2) is 70.8 Å². The van der Waals surface area contributed by atoms with Crippen LogP contribution in [0.4, 0.5) is 26.3 Å². The molecule has 4 nitrogen and oxygen atoms in total. The Morgan fingerprint density at radius 2 is 1.88 bits per heavy atom. The topological polar surface area (TPSA) is 52.3 Å². The standard InChI is InChI=1S/C21H15F6NO3S/c1-2-18(29)30-11-19(22,23)21(26,27)20(24,25)12-32-15-6-5-13-8-16(31-17(13)9-15)14-4-3-7-28-10-14/h2-10H,1,11-12H2. The van der Waals surface area contributed by atoms with Crippen LogP contribution in [0.5, 0.6) is 0 Å². The van der Waals surface area contributed by atoms with E-state index in [9.17, 15) is 31.1 Å². The number of thioether (sulfide) groups is 1. The highest BCUT2D eigenvalue weighted by Crippen LogP contribution is 2.48. The van der Waals surface area contributed by atoms with Crippen molar-refractivity contribution in [2.24, 2.45) is 0 Å². The lowest BCUT2D eigenvalue weighted by Gasteiger charge is -2.32. The summed E-state index contributed by atoms with van der Waals surface area (Å²) in [5.41, 5.74) is 0.967. The zero-order chi connectivity index (χ0) is 23.6. The summed E-state index contributed by atoms with van der Waals surface area (Å²) < 4.78 is 93.0. The highest BCUT2D eigenvalue weighted by Gasteiger charge is 2.71. The van der Waals surface area contributed by atoms with Crippen LogP contribution < -0.4 is 0 Å². The quantitative estimate of drug-likeness (QED) is 0.159. The summed E-state index contributed by atoms with van der Waals surface area (Å²) in [5.74, 6) is -18.8. The predicted octanol–water partition coefficient (Wildman–Crippen LogP) is 6.22. The number of carbonyl (C=O) groups is 1. The molecule has 0 unspecified atom stereocenters. The summed E-state index contributed by atoms with van der Waals surface area (Å²) in [4.78, 5) is 14.9. The van der Waals surface area contributed by atoms with Gasteiger partial charge in [0, 0.05) is 34.3 Å². The number of furan rings is 1. The van der Waals surface area contributed by atoms with Crippen LogP contribution in [0.3, 0.4) is 0 Å². The third-order valence-electron chi connectivity index (χ3n) is 4.34. The molecule has 170 valence electrons. The Kier molecular flexibility index (Phi) is 6.59. The number of nitrogens with zero attached hydrogens (tertiary/aromatic N) is 1. The molecule has 0 fully saturated rings. The van der Waals surface area contributed by atoms with Gasteiger partial charge in [-0.2, -0.15) is 26.3 Å². The van der Waals surface area contributed by atoms with Gasteiger partial charge in [0.05, 0.1) is 5.75 Å². The first-order valence-electron chi connectivity index (χ1n) is 8.96. The fourth-order valence-electron chi connectivity index (χ4n) is 2.60. The second kappa shape index (κ2) is 8.89. The molecule has 2 aromatic heterocycles. The molecule has 0 aliphatic carbocycles. The SMILES string of the molecule is C=CC(=O)OCC(F)(F)C(F)(F)C(F)(F)CSc1ccc2cc(-c3cccnc3)oc2c1. The van der Waals surface area contributed by atoms with Crippen molar-refractivity contribution in [3.8, 4) is 11.3 Å². The minimum absolute atomic E-state index is 0.112. The number of halogens is 6. The van der Waals surface area contributed by atoms with Gasteiger partial charge in [0.25, 0.3) is 0 Å². The van der Waals surface area contributed by atoms with Crippen LogP contribution in [0.1, 0.15) is 0 Å². The van der Waals surface area contributed by atoms with E-state index in [0.717, 1.165) is 0 Å². The van der Waals surface area contributed by atoms with Gasteiger partial charge in [0.15, 0.2) is 6.61 Å². The third-order valence-corrected chi connectivity index (χ3v) is 5.43. The third kappa shape index (κ3) is 4.77. The Labute approximate surface area is 182 Å². The molecule has 0 radical (unpaired) electrons. The van der Waals surface area contributed by atoms with E-state index in [1.165, 1.54) is 18.2 Å². The number of carbonyl (C=O) groups excluding carboxylic acids is 1. The molecule has 3 aromatic rings. The van der Waals surface area contributed by atoms with Crippen molar-refractivity contribution in [3.63, 3.8) is 0 Å². The average molecular weight is 475 g/mol. The number of alkyl halides is 6. The van der Waals surface area contributed by atoms with Crippen LogP contribution in [-0.2, 0) is 9.53 Å². The van der Waals surface area contributed by atoms with Crippen LogP contribution >= 0.6 is 11.8 Å². The zero-order valence-electron chi connectivity index (χ0n) is 16.2. The Morgan fingerprint density at radius 3 is 2.53 bits per heavy atom. The van der Waals surface area contributed by atoms with Crippen molar-refractivity contribution >= 4 is 28.7 Å². The number of hydrogen-bond acceptors (Lipinski definition) is 5. The Morgan fingerprint density at radius 1 is 1.12 bits per heavy atom. The molecule has 32 heavy (non-hydrogen) atoms. The zero-order valence-corrected chi connectivity index (χ0v) is 17.0. The maximum Gasteiger partial charge on any atom is 0.376 e. The second-order valence-corrected chi connectivity index (χ2v) is 7.68. The maximum absolute atomic E-state index is 14.1. The van der Waals surface area contributed by atoms with Crippen molar-refractivity contribution in [2.75, 3.05) is 12.4 Å². The number of fused-ring (bicyclic) bond motifs is 1. The van der Waals surface area contributed by atoms with Gasteiger partial charge in [-0.15, -0.1) is 11.8 Å². The monoisotopic (exact) mass is 475 g/mol. The van der Waals surface area contributed by atoms with Crippen molar-refractivity contribution in [3.05, 3.63) is 61.4 Å². The van der Waals surface area contributed by atoms with E-state index < -0.39 is 36.1 Å². The molecular formula is C21H15F6NO3S. The lowest BCUT2D eigenvalue weighted by atomic mass is 10.1. The number of hydrogen-bond donors (Lipinski definition) is 0. The van der Waals surface area contributed by atoms with Gasteiger partial charge < -0.3 is 9.15 Å². The maximum atomic E-state index is 14.1. The molecule has 0 spiro atoms. The molecule has 0 bridgehead atoms. The summed E-state index contributed by atoms with van der Waals surface area (Å²) in [7, 11) is 0. The minimum Gasteiger partial charge on any atom is -0.456 e. The smallest absolute Gasteiger partial charge is 0.376 e. The predicted molar refractivity (Wildman–Crippen MR) is 106 cm³/mol. The van der Waals surface area contributed by atoms with Gasteiger partial charge in [-0.05, 0) is 36.4 Å². The van der Waals surface area contributed by atoms with E-state index >= 15 is 0 Å². The molecular weight excluding hydrogens is 460 g/mol. The van der Waals surface area contributed by atoms with E-state index in [4.69, 9.17) is 4.42 Å². The number of aromatic nitrogens is 1. The molecule has 0 saturated carbocycles. The summed E-state index contributed by atoms with van der Waals surface area (Å²) in [6.07, 6.45) is 3.58. The minimum atomic E-state index is -5.77. The highest BCUT2D eigenvalue weighted by molar-refractivity contribution is 7.99. The second-order valence-electron chi connectivity index (χ2n) is 6.64. The van der Waals surface area contributed by atoms with Gasteiger partial charge >= 0.3 is 23.7 Å². The first-order valence-corrected chi connectivity index (χ1v) is 9.95. The van der Waals surface area contributed by atoms with E-state index in [0.29, 0.717) is 28.4 Å². The molecule has 0 atom stereocenters. The van der Waals surface area contributed by atoms with E-state index in [-0.39, 0.29) is 16.7 Å². The fraction of sp³-hybridized carbons (Fsp3) is 0.238. The molecule has 2 heterocycles. The Balaban J connectivity index is 1.74. The molecule has 0 amide bonds. The summed E-state index contributed by atoms with van der Waals surface area (Å²) in [5, 5.41) is 0.626. The van der Waals surface area contributed by atoms with Gasteiger partial charge in [0.1, 0.15) is 11.3 Å². The molecule has 0 aliphatic heterocycles. The molecule has 11 heteroatoms. The van der Waals surface area contributed by atoms with Crippen LogP contribution in [0, 0.1) is 0 Å². The molecule has 0 aliphatic rings. The average Bonchev–Trinajstić information content (AvgIpc) is 3.20. The molecule has 3 rings (SSSR count). The van der Waals surface area contributed by atoms with Gasteiger partial charge in [-0.1, -0.05) is 6.58 Å². The van der Waals surface area contributed by atoms with Crippen LogP contribution in [0.25, 0.3) is 22.3 Å². The normalized spacial score (nSPS) is 12.7. The molecule has 0 saturated heterocycles. The summed E-state index contributed by atoms with van der Waals surface area (Å²) >= 11 is 0.260. The summed E-state index contributed by atoms with van der Waals surface area (Å²) in [6, 6.07) is 9.39. The fourth-order valence-corrected chi connectivity index (χ4v) is 3.48. The molecule has 1 aromatic carbocycles. The van der Waals surface area contributed by atoms with Gasteiger partial charge in [-0.25, -0.2) is 4.79 Å². The number of benzene rings is 1. The number of ether oxygens (including phenoxy) is 1. The van der Waals surface area contributed by atoms with E-state index in [2.05, 4.69) is 16.3 Å². The largest absolute Gasteiger partial charge is 0.456 e. The van der Waals surface area contributed by atoms with E-state index in [1.807, 2.05) is 0 Å². The van der Waals surface area contributed by atoms with E-state index in [1.54, 1.807) is 30.6 Å². The molecule has 0 N–H and O–H groups in total. The van der Waals surface area contributed by atoms with Crippen molar-refractivity contribution in [1.82, 2.24) is 4.98 Å². The van der Waals surface area contributed by atoms with Gasteiger partial charge in [-0.3, -0.25) is 4.98 Å². The Hall–Kier alpha value is -2.95. The number of rotatable bonds is 9. The van der Waals surface area contributed by atoms with Crippen molar-refractivity contribution < 1.29 is 40.3 Å². The highest BCUT2D eigenvalue weighted by atomic mass is 32.2. The lowest BCUT2D eigenvalue weighted by Crippen LogP contribution is -2.57. The van der Waals surface area contributed by atoms with Gasteiger partial charge in [0.2, 0.25) is 0 Å². The summed E-state index contributed by atoms with van der Waals surface area (Å²) in [6.45, 7) is 0.699. The van der Waals surface area contributed by atoms with Crippen molar-refractivity contribution in [2.45, 2.75) is 22.7 Å². The van der Waals surface area contributed by atoms with Crippen LogP contribution in [-0.4, -0.2) is 41.1 Å². The number of esters is 1. The lowest BCUT2D eigenvalue weighted by molar-refractivity contribution is -0.309. The van der Waals surface area contributed by atoms with Crippen LogP contribution in [0.2, 0.25) is 0 Å².